The molecule has 0 saturated heterocycles. The molecular formula is C13H20BrClN2O3S. The second-order valence-corrected chi connectivity index (χ2v) is 8.02. The van der Waals surface area contributed by atoms with Gasteiger partial charge in [0.1, 0.15) is 9.84 Å². The smallest absolute Gasteiger partial charge is 0.239 e. The Labute approximate surface area is 140 Å². The third-order valence-electron chi connectivity index (χ3n) is 2.83. The first-order valence-corrected chi connectivity index (χ1v) is 8.97. The minimum atomic E-state index is -3.10. The summed E-state index contributed by atoms with van der Waals surface area (Å²) >= 11 is 3.35. The van der Waals surface area contributed by atoms with Gasteiger partial charge in [-0.25, -0.2) is 8.42 Å². The Bertz CT molecular complexity index is 563. The van der Waals surface area contributed by atoms with Crippen molar-refractivity contribution in [3.8, 4) is 0 Å². The van der Waals surface area contributed by atoms with Gasteiger partial charge < -0.3 is 10.6 Å². The summed E-state index contributed by atoms with van der Waals surface area (Å²) in [7, 11) is -1.44. The number of rotatable bonds is 6. The van der Waals surface area contributed by atoms with E-state index in [1.165, 1.54) is 4.90 Å². The summed E-state index contributed by atoms with van der Waals surface area (Å²) in [4.78, 5) is 13.5. The number of hydrogen-bond acceptors (Lipinski definition) is 4. The van der Waals surface area contributed by atoms with Crippen LogP contribution >= 0.6 is 28.3 Å². The van der Waals surface area contributed by atoms with Gasteiger partial charge in [-0.05, 0) is 24.1 Å². The molecule has 0 aliphatic rings. The highest BCUT2D eigenvalue weighted by atomic mass is 79.9. The molecule has 0 fully saturated rings. The summed E-state index contributed by atoms with van der Waals surface area (Å²) in [6, 6.07) is 6.84. The third-order valence-corrected chi connectivity index (χ3v) is 4.33. The van der Waals surface area contributed by atoms with Crippen LogP contribution in [-0.4, -0.2) is 44.3 Å². The fourth-order valence-corrected chi connectivity index (χ4v) is 2.64. The topological polar surface area (TPSA) is 80.5 Å². The molecule has 0 spiro atoms. The lowest BCUT2D eigenvalue weighted by Crippen LogP contribution is -2.42. The predicted octanol–water partition coefficient (Wildman–Crippen LogP) is 1.59. The van der Waals surface area contributed by atoms with Crippen molar-refractivity contribution in [3.05, 3.63) is 34.3 Å². The zero-order chi connectivity index (χ0) is 15.3. The van der Waals surface area contributed by atoms with Crippen molar-refractivity contribution in [2.45, 2.75) is 19.0 Å². The lowest BCUT2D eigenvalue weighted by Gasteiger charge is -2.21. The molecular weight excluding hydrogens is 380 g/mol. The van der Waals surface area contributed by atoms with E-state index in [0.29, 0.717) is 6.54 Å². The minimum Gasteiger partial charge on any atom is -0.340 e. The monoisotopic (exact) mass is 398 g/mol. The third kappa shape index (κ3) is 7.80. The van der Waals surface area contributed by atoms with E-state index in [9.17, 15) is 13.2 Å². The van der Waals surface area contributed by atoms with Gasteiger partial charge in [0.05, 0.1) is 11.8 Å². The number of likely N-dealkylation sites (N-methyl/N-ethyl adjacent to an activating group) is 1. The van der Waals surface area contributed by atoms with E-state index < -0.39 is 15.9 Å². The lowest BCUT2D eigenvalue weighted by molar-refractivity contribution is -0.131. The standard InChI is InChI=1S/C13H19BrN2O3S.ClH/c1-16(9-10-3-5-11(14)6-4-10)13(17)12(15)7-8-20(2,18)19;/h3-6,12H,7-9,15H2,1-2H3;1H. The van der Waals surface area contributed by atoms with Crippen LogP contribution in [0.1, 0.15) is 12.0 Å². The highest BCUT2D eigenvalue weighted by Crippen LogP contribution is 2.12. The van der Waals surface area contributed by atoms with Crippen molar-refractivity contribution in [3.63, 3.8) is 0 Å². The van der Waals surface area contributed by atoms with E-state index in [-0.39, 0.29) is 30.5 Å². The van der Waals surface area contributed by atoms with Crippen LogP contribution in [0.5, 0.6) is 0 Å². The van der Waals surface area contributed by atoms with Gasteiger partial charge in [0.2, 0.25) is 5.91 Å². The first-order valence-electron chi connectivity index (χ1n) is 6.12. The average molecular weight is 400 g/mol. The molecule has 1 unspecified atom stereocenters. The summed E-state index contributed by atoms with van der Waals surface area (Å²) in [5, 5.41) is 0. The number of halogens is 2. The number of nitrogens with zero attached hydrogens (tertiary/aromatic N) is 1. The molecule has 8 heteroatoms. The van der Waals surface area contributed by atoms with Crippen LogP contribution in [0.2, 0.25) is 0 Å². The Morgan fingerprint density at radius 1 is 1.33 bits per heavy atom. The van der Waals surface area contributed by atoms with Crippen molar-refractivity contribution in [2.75, 3.05) is 19.1 Å². The summed E-state index contributed by atoms with van der Waals surface area (Å²) < 4.78 is 23.1. The van der Waals surface area contributed by atoms with Crippen LogP contribution in [0.15, 0.2) is 28.7 Å². The first-order chi connectivity index (χ1) is 9.19. The van der Waals surface area contributed by atoms with Crippen LogP contribution in [-0.2, 0) is 21.2 Å². The maximum Gasteiger partial charge on any atom is 0.239 e. The zero-order valence-electron chi connectivity index (χ0n) is 12.0. The number of carbonyl (C=O) groups is 1. The fraction of sp³-hybridized carbons (Fsp3) is 0.462. The summed E-state index contributed by atoms with van der Waals surface area (Å²) in [5.74, 6) is -0.331. The van der Waals surface area contributed by atoms with Gasteiger partial charge in [-0.15, -0.1) is 12.4 Å². The van der Waals surface area contributed by atoms with Gasteiger partial charge in [0.25, 0.3) is 0 Å². The van der Waals surface area contributed by atoms with Crippen molar-refractivity contribution in [1.82, 2.24) is 4.90 Å². The second-order valence-electron chi connectivity index (χ2n) is 4.85. The zero-order valence-corrected chi connectivity index (χ0v) is 15.2. The number of nitrogens with two attached hydrogens (primary N) is 1. The van der Waals surface area contributed by atoms with Gasteiger partial charge in [-0.2, -0.15) is 0 Å². The molecule has 5 nitrogen and oxygen atoms in total. The lowest BCUT2D eigenvalue weighted by atomic mass is 10.2. The van der Waals surface area contributed by atoms with Crippen molar-refractivity contribution in [1.29, 1.82) is 0 Å². The molecule has 0 saturated carbocycles. The Balaban J connectivity index is 0.00000400. The molecule has 0 aliphatic carbocycles. The molecule has 0 aliphatic heterocycles. The van der Waals surface area contributed by atoms with Crippen LogP contribution in [0, 0.1) is 0 Å². The van der Waals surface area contributed by atoms with E-state index in [4.69, 9.17) is 5.73 Å². The normalized spacial score (nSPS) is 12.4. The number of carbonyl (C=O) groups excluding carboxylic acids is 1. The SMILES string of the molecule is CN(Cc1ccc(Br)cc1)C(=O)C(N)CCS(C)(=O)=O.Cl. The molecule has 1 amide bonds. The highest BCUT2D eigenvalue weighted by Gasteiger charge is 2.19. The predicted molar refractivity (Wildman–Crippen MR) is 90.2 cm³/mol. The van der Waals surface area contributed by atoms with E-state index in [1.807, 2.05) is 24.3 Å². The molecule has 120 valence electrons. The van der Waals surface area contributed by atoms with E-state index in [2.05, 4.69) is 15.9 Å². The maximum atomic E-state index is 12.0. The summed E-state index contributed by atoms with van der Waals surface area (Å²) in [5.41, 5.74) is 6.73. The number of benzene rings is 1. The van der Waals surface area contributed by atoms with E-state index in [0.717, 1.165) is 16.3 Å². The number of sulfone groups is 1. The minimum absolute atomic E-state index is 0. The van der Waals surface area contributed by atoms with Gasteiger partial charge in [-0.1, -0.05) is 28.1 Å². The molecule has 0 radical (unpaired) electrons. The van der Waals surface area contributed by atoms with Gasteiger partial charge >= 0.3 is 0 Å². The van der Waals surface area contributed by atoms with Crippen LogP contribution in [0.25, 0.3) is 0 Å². The van der Waals surface area contributed by atoms with Gasteiger partial charge in [0.15, 0.2) is 0 Å². The summed E-state index contributed by atoms with van der Waals surface area (Å²) in [6.45, 7) is 0.443. The molecule has 1 aromatic carbocycles. The van der Waals surface area contributed by atoms with E-state index >= 15 is 0 Å². The quantitative estimate of drug-likeness (QED) is 0.788. The molecule has 0 heterocycles. The largest absolute Gasteiger partial charge is 0.340 e. The Morgan fingerprint density at radius 2 is 1.86 bits per heavy atom. The van der Waals surface area contributed by atoms with Crippen molar-refractivity contribution in [2.24, 2.45) is 5.73 Å². The van der Waals surface area contributed by atoms with Crippen LogP contribution < -0.4 is 5.73 Å². The van der Waals surface area contributed by atoms with Crippen LogP contribution in [0.4, 0.5) is 0 Å². The molecule has 1 atom stereocenters. The molecule has 2 N–H and O–H groups in total. The Hall–Kier alpha value is -0.630. The molecule has 0 bridgehead atoms. The highest BCUT2D eigenvalue weighted by molar-refractivity contribution is 9.10. The van der Waals surface area contributed by atoms with Gasteiger partial charge in [0, 0.05) is 24.3 Å². The Morgan fingerprint density at radius 3 is 2.33 bits per heavy atom. The molecule has 1 aromatic rings. The van der Waals surface area contributed by atoms with Crippen LogP contribution in [0.3, 0.4) is 0 Å². The summed E-state index contributed by atoms with van der Waals surface area (Å²) in [6.07, 6.45) is 1.28. The Kier molecular flexibility index (Phi) is 8.46. The van der Waals surface area contributed by atoms with E-state index in [1.54, 1.807) is 7.05 Å². The second kappa shape index (κ2) is 8.73. The molecule has 1 rings (SSSR count). The van der Waals surface area contributed by atoms with Crippen molar-refractivity contribution >= 4 is 44.1 Å². The van der Waals surface area contributed by atoms with Crippen molar-refractivity contribution < 1.29 is 13.2 Å². The van der Waals surface area contributed by atoms with Gasteiger partial charge in [-0.3, -0.25) is 4.79 Å². The average Bonchev–Trinajstić information content (AvgIpc) is 2.36. The maximum absolute atomic E-state index is 12.0. The molecule has 0 aromatic heterocycles. The fourth-order valence-electron chi connectivity index (χ4n) is 1.69. The number of hydrogen-bond donors (Lipinski definition) is 1. The first kappa shape index (κ1) is 20.4. The number of amides is 1. The molecule has 21 heavy (non-hydrogen) atoms.